The predicted octanol–water partition coefficient (Wildman–Crippen LogP) is 7.00. The van der Waals surface area contributed by atoms with Crippen molar-refractivity contribution in [2.24, 2.45) is 0 Å². The first kappa shape index (κ1) is 29.4. The lowest BCUT2D eigenvalue weighted by molar-refractivity contribution is 0.102. The molecule has 4 N–H and O–H groups in total. The fraction of sp³-hybridized carbons (Fsp3) is 0. The molecule has 0 saturated heterocycles. The van der Waals surface area contributed by atoms with Crippen LogP contribution in [-0.2, 0) is 0 Å². The van der Waals surface area contributed by atoms with Gasteiger partial charge in [-0.3, -0.25) is 9.59 Å². The van der Waals surface area contributed by atoms with Crippen LogP contribution in [0, 0.1) is 41.6 Å². The number of nitrogens with two attached hydrogens (primary N) is 1. The summed E-state index contributed by atoms with van der Waals surface area (Å²) < 4.78 is 0. The van der Waals surface area contributed by atoms with E-state index in [1.807, 2.05) is 0 Å². The van der Waals surface area contributed by atoms with E-state index in [2.05, 4.69) is 45.2 Å². The Kier molecular flexibility index (Phi) is 8.98. The molecule has 5 aromatic carbocycles. The third kappa shape index (κ3) is 8.03. The highest BCUT2D eigenvalue weighted by atomic mass is 16.2. The maximum absolute atomic E-state index is 13.0. The molecule has 0 saturated carbocycles. The molecule has 0 bridgehead atoms. The van der Waals surface area contributed by atoms with Gasteiger partial charge in [-0.1, -0.05) is 47.9 Å². The monoisotopic (exact) mass is 581 g/mol. The average molecular weight is 582 g/mol. The number of carbonyl (C=O) groups excluding carboxylic acids is 2. The molecule has 0 radical (unpaired) electrons. The van der Waals surface area contributed by atoms with Gasteiger partial charge < -0.3 is 16.4 Å². The number of amides is 2. The number of benzene rings is 5. The summed E-state index contributed by atoms with van der Waals surface area (Å²) in [7, 11) is 0. The van der Waals surface area contributed by atoms with Gasteiger partial charge in [-0.15, -0.1) is 0 Å². The van der Waals surface area contributed by atoms with Crippen molar-refractivity contribution in [2.45, 2.75) is 0 Å². The maximum Gasteiger partial charge on any atom is 0.255 e. The van der Waals surface area contributed by atoms with E-state index in [0.29, 0.717) is 22.6 Å². The maximum atomic E-state index is 13.0. The average Bonchev–Trinajstić information content (AvgIpc) is 3.07. The number of rotatable bonds is 4. The van der Waals surface area contributed by atoms with Crippen LogP contribution in [0.3, 0.4) is 0 Å². The summed E-state index contributed by atoms with van der Waals surface area (Å²) in [5, 5.41) is 14.6. The summed E-state index contributed by atoms with van der Waals surface area (Å²) in [6.45, 7) is 7.03. The van der Waals surface area contributed by atoms with E-state index in [1.54, 1.807) is 97.1 Å². The molecular formula is C38H23N5O2. The zero-order valence-electron chi connectivity index (χ0n) is 23.8. The first-order valence-corrected chi connectivity index (χ1v) is 13.6. The Labute approximate surface area is 260 Å². The topological polar surface area (TPSA) is 112 Å². The van der Waals surface area contributed by atoms with Crippen molar-refractivity contribution >= 4 is 34.6 Å². The molecule has 0 unspecified atom stereocenters. The molecule has 0 heterocycles. The van der Waals surface area contributed by atoms with Crippen LogP contribution < -0.4 is 16.4 Å². The van der Waals surface area contributed by atoms with Gasteiger partial charge in [0.1, 0.15) is 0 Å². The van der Waals surface area contributed by atoms with Crippen molar-refractivity contribution in [2.75, 3.05) is 16.4 Å². The largest absolute Gasteiger partial charge is 0.399 e. The molecule has 5 aromatic rings. The Bertz CT molecular complexity index is 1940. The van der Waals surface area contributed by atoms with E-state index in [9.17, 15) is 9.59 Å². The first-order chi connectivity index (χ1) is 21.9. The van der Waals surface area contributed by atoms with Crippen molar-refractivity contribution in [3.8, 4) is 29.8 Å². The number of hydrogen-bond acceptors (Lipinski definition) is 4. The van der Waals surface area contributed by atoms with Gasteiger partial charge >= 0.3 is 0 Å². The zero-order chi connectivity index (χ0) is 31.6. The van der Waals surface area contributed by atoms with Gasteiger partial charge in [0.25, 0.3) is 11.8 Å². The highest BCUT2D eigenvalue weighted by Gasteiger charge is 2.13. The normalized spacial score (nSPS) is 9.64. The molecule has 45 heavy (non-hydrogen) atoms. The third-order valence-corrected chi connectivity index (χ3v) is 6.48. The Morgan fingerprint density at radius 3 is 1.31 bits per heavy atom. The second kappa shape index (κ2) is 13.7. The van der Waals surface area contributed by atoms with Crippen LogP contribution in [0.4, 0.5) is 22.7 Å². The van der Waals surface area contributed by atoms with E-state index in [-0.39, 0.29) is 16.8 Å². The lowest BCUT2D eigenvalue weighted by Gasteiger charge is -2.10. The minimum absolute atomic E-state index is 0.236. The minimum Gasteiger partial charge on any atom is -0.399 e. The summed E-state index contributed by atoms with van der Waals surface area (Å²) in [6.07, 6.45) is 0. The van der Waals surface area contributed by atoms with Crippen LogP contribution in [0.1, 0.15) is 48.5 Å². The standard InChI is InChI=1S/C38H23N5O2/c1-41-34-16-10-27(11-17-34)4-5-29-14-20-36(21-15-29)43-38(45)32-22-31(23-33(40)24-32)37(44)42-35-18-12-28(13-19-35)3-2-26-6-8-30(25-39)9-7-26/h6-24H,40H2,(H,42,44)(H,43,45). The van der Waals surface area contributed by atoms with Crippen LogP contribution in [0.2, 0.25) is 0 Å². The highest BCUT2D eigenvalue weighted by molar-refractivity contribution is 6.09. The number of anilines is 3. The quantitative estimate of drug-likeness (QED) is 0.121. The summed E-state index contributed by atoms with van der Waals surface area (Å²) in [4.78, 5) is 29.4. The Hall–Kier alpha value is -7.06. The Morgan fingerprint density at radius 2 is 0.933 bits per heavy atom. The molecule has 0 aliphatic rings. The summed E-state index contributed by atoms with van der Waals surface area (Å²) >= 11 is 0. The van der Waals surface area contributed by atoms with E-state index in [4.69, 9.17) is 17.6 Å². The smallest absolute Gasteiger partial charge is 0.255 e. The van der Waals surface area contributed by atoms with Gasteiger partial charge in [-0.05, 0) is 91.0 Å². The molecule has 2 amide bonds. The molecule has 212 valence electrons. The second-order valence-electron chi connectivity index (χ2n) is 9.75. The summed E-state index contributed by atoms with van der Waals surface area (Å²) in [6, 6.07) is 34.7. The molecule has 0 aliphatic heterocycles. The highest BCUT2D eigenvalue weighted by Crippen LogP contribution is 2.18. The van der Waals surface area contributed by atoms with Crippen molar-refractivity contribution in [3.05, 3.63) is 166 Å². The first-order valence-electron chi connectivity index (χ1n) is 13.6. The van der Waals surface area contributed by atoms with Gasteiger partial charge in [0.15, 0.2) is 5.69 Å². The molecule has 7 nitrogen and oxygen atoms in total. The van der Waals surface area contributed by atoms with Gasteiger partial charge in [0.05, 0.1) is 18.2 Å². The number of nitrogens with zero attached hydrogens (tertiary/aromatic N) is 2. The van der Waals surface area contributed by atoms with Crippen LogP contribution in [0.25, 0.3) is 4.85 Å². The third-order valence-electron chi connectivity index (χ3n) is 6.48. The van der Waals surface area contributed by atoms with Crippen molar-refractivity contribution in [1.82, 2.24) is 0 Å². The van der Waals surface area contributed by atoms with E-state index < -0.39 is 11.8 Å². The van der Waals surface area contributed by atoms with Gasteiger partial charge in [0, 0.05) is 50.4 Å². The summed E-state index contributed by atoms with van der Waals surface area (Å²) in [5.74, 6) is 11.4. The molecule has 5 rings (SSSR count). The Morgan fingerprint density at radius 1 is 0.578 bits per heavy atom. The van der Waals surface area contributed by atoms with E-state index in [0.717, 1.165) is 22.3 Å². The predicted molar refractivity (Wildman–Crippen MR) is 175 cm³/mol. The molecular weight excluding hydrogens is 558 g/mol. The lowest BCUT2D eigenvalue weighted by atomic mass is 10.1. The van der Waals surface area contributed by atoms with Crippen molar-refractivity contribution in [3.63, 3.8) is 0 Å². The fourth-order valence-electron chi connectivity index (χ4n) is 4.13. The number of nitrogens with one attached hydrogen (secondary N) is 2. The van der Waals surface area contributed by atoms with Crippen molar-refractivity contribution in [1.29, 1.82) is 5.26 Å². The second-order valence-corrected chi connectivity index (χ2v) is 9.75. The molecule has 7 heteroatoms. The number of hydrogen-bond donors (Lipinski definition) is 3. The lowest BCUT2D eigenvalue weighted by Crippen LogP contribution is -2.16. The molecule has 0 atom stereocenters. The number of nitrogen functional groups attached to an aromatic ring is 1. The van der Waals surface area contributed by atoms with Crippen LogP contribution in [0.15, 0.2) is 115 Å². The summed E-state index contributed by atoms with van der Waals surface area (Å²) in [5.41, 5.74) is 12.1. The van der Waals surface area contributed by atoms with E-state index in [1.165, 1.54) is 18.2 Å². The van der Waals surface area contributed by atoms with Crippen LogP contribution in [0.5, 0.6) is 0 Å². The molecule has 0 aliphatic carbocycles. The van der Waals surface area contributed by atoms with E-state index >= 15 is 0 Å². The Balaban J connectivity index is 1.20. The van der Waals surface area contributed by atoms with Crippen LogP contribution in [-0.4, -0.2) is 11.8 Å². The fourth-order valence-corrected chi connectivity index (χ4v) is 4.13. The number of carbonyl (C=O) groups is 2. The van der Waals surface area contributed by atoms with Gasteiger partial charge in [-0.25, -0.2) is 4.85 Å². The zero-order valence-corrected chi connectivity index (χ0v) is 23.8. The molecule has 0 aromatic heterocycles. The molecule has 0 spiro atoms. The SMILES string of the molecule is [C-]#[N+]c1ccc(C#Cc2ccc(NC(=O)c3cc(N)cc(C(=O)Nc4ccc(C#Cc5ccc(C#N)cc5)cc4)c3)cc2)cc1. The van der Waals surface area contributed by atoms with Gasteiger partial charge in [-0.2, -0.15) is 5.26 Å². The van der Waals surface area contributed by atoms with Crippen LogP contribution >= 0.6 is 0 Å². The molecule has 0 fully saturated rings. The minimum atomic E-state index is -0.417. The van der Waals surface area contributed by atoms with Crippen molar-refractivity contribution < 1.29 is 9.59 Å². The van der Waals surface area contributed by atoms with Gasteiger partial charge in [0.2, 0.25) is 0 Å². The number of nitriles is 1.